The molecule has 4 heteroatoms. The van der Waals surface area contributed by atoms with Gasteiger partial charge in [-0.3, -0.25) is 9.08 Å². The SMILES string of the molecule is COC(=O)C1CCC(OCl)CC1. The summed E-state index contributed by atoms with van der Waals surface area (Å²) in [5.41, 5.74) is 0. The van der Waals surface area contributed by atoms with E-state index in [1.165, 1.54) is 7.11 Å². The Bertz CT molecular complexity index is 152. The van der Waals surface area contributed by atoms with E-state index in [0.29, 0.717) is 0 Å². The lowest BCUT2D eigenvalue weighted by atomic mass is 9.88. The Morgan fingerprint density at radius 2 is 1.92 bits per heavy atom. The molecule has 0 amide bonds. The fraction of sp³-hybridized carbons (Fsp3) is 0.875. The van der Waals surface area contributed by atoms with Crippen molar-refractivity contribution in [1.82, 2.24) is 0 Å². The number of hydrogen-bond acceptors (Lipinski definition) is 3. The van der Waals surface area contributed by atoms with Crippen LogP contribution >= 0.6 is 11.9 Å². The summed E-state index contributed by atoms with van der Waals surface area (Å²) in [6.07, 6.45) is 3.47. The van der Waals surface area contributed by atoms with Gasteiger partial charge in [0.05, 0.1) is 31.0 Å². The van der Waals surface area contributed by atoms with Crippen molar-refractivity contribution < 1.29 is 13.8 Å². The molecule has 0 aromatic carbocycles. The van der Waals surface area contributed by atoms with Crippen LogP contribution in [0.2, 0.25) is 0 Å². The second-order valence-corrected chi connectivity index (χ2v) is 3.26. The van der Waals surface area contributed by atoms with Crippen LogP contribution in [0.4, 0.5) is 0 Å². The molecule has 0 aromatic rings. The maximum atomic E-state index is 11.1. The first-order valence-electron chi connectivity index (χ1n) is 4.13. The lowest BCUT2D eigenvalue weighted by Gasteiger charge is -2.24. The summed E-state index contributed by atoms with van der Waals surface area (Å²) >= 11 is 5.23. The van der Waals surface area contributed by atoms with Gasteiger partial charge in [0.1, 0.15) is 0 Å². The van der Waals surface area contributed by atoms with Gasteiger partial charge in [-0.2, -0.15) is 0 Å². The largest absolute Gasteiger partial charge is 0.469 e. The summed E-state index contributed by atoms with van der Waals surface area (Å²) in [7, 11) is 1.42. The number of esters is 1. The van der Waals surface area contributed by atoms with Crippen LogP contribution in [0, 0.1) is 5.92 Å². The first-order chi connectivity index (χ1) is 5.77. The number of ether oxygens (including phenoxy) is 1. The average molecular weight is 193 g/mol. The van der Waals surface area contributed by atoms with E-state index < -0.39 is 0 Å². The van der Waals surface area contributed by atoms with Crippen LogP contribution in [0.1, 0.15) is 25.7 Å². The first-order valence-corrected chi connectivity index (χ1v) is 4.44. The normalized spacial score (nSPS) is 29.8. The minimum atomic E-state index is -0.108. The molecule has 70 valence electrons. The van der Waals surface area contributed by atoms with Crippen LogP contribution < -0.4 is 0 Å². The van der Waals surface area contributed by atoms with Gasteiger partial charge in [0.2, 0.25) is 0 Å². The molecule has 0 aliphatic heterocycles. The van der Waals surface area contributed by atoms with E-state index in [4.69, 9.17) is 11.9 Å². The molecular weight excluding hydrogens is 180 g/mol. The van der Waals surface area contributed by atoms with Crippen molar-refractivity contribution in [2.24, 2.45) is 5.92 Å². The van der Waals surface area contributed by atoms with Crippen LogP contribution in [-0.2, 0) is 13.8 Å². The number of rotatable bonds is 2. The van der Waals surface area contributed by atoms with Crippen molar-refractivity contribution in [1.29, 1.82) is 0 Å². The van der Waals surface area contributed by atoms with Gasteiger partial charge in [0, 0.05) is 0 Å². The molecule has 0 saturated heterocycles. The van der Waals surface area contributed by atoms with Gasteiger partial charge >= 0.3 is 5.97 Å². The molecule has 0 unspecified atom stereocenters. The fourth-order valence-corrected chi connectivity index (χ4v) is 1.73. The molecule has 0 spiro atoms. The lowest BCUT2D eigenvalue weighted by molar-refractivity contribution is -0.147. The highest BCUT2D eigenvalue weighted by molar-refractivity contribution is 6.07. The van der Waals surface area contributed by atoms with Gasteiger partial charge in [-0.25, -0.2) is 0 Å². The molecule has 1 fully saturated rings. The Kier molecular flexibility index (Phi) is 3.82. The van der Waals surface area contributed by atoms with E-state index in [1.807, 2.05) is 0 Å². The van der Waals surface area contributed by atoms with Crippen molar-refractivity contribution in [2.75, 3.05) is 7.11 Å². The molecule has 0 heterocycles. The van der Waals surface area contributed by atoms with E-state index in [-0.39, 0.29) is 18.0 Å². The Labute approximate surface area is 77.2 Å². The Morgan fingerprint density at radius 1 is 1.33 bits per heavy atom. The predicted molar refractivity (Wildman–Crippen MR) is 44.7 cm³/mol. The summed E-state index contributed by atoms with van der Waals surface area (Å²) in [6, 6.07) is 0. The van der Waals surface area contributed by atoms with Gasteiger partial charge < -0.3 is 4.74 Å². The van der Waals surface area contributed by atoms with Crippen LogP contribution in [-0.4, -0.2) is 19.2 Å². The number of carbonyl (C=O) groups excluding carboxylic acids is 1. The van der Waals surface area contributed by atoms with Crippen molar-refractivity contribution in [3.63, 3.8) is 0 Å². The summed E-state index contributed by atoms with van der Waals surface area (Å²) in [4.78, 5) is 11.1. The van der Waals surface area contributed by atoms with E-state index in [9.17, 15) is 4.79 Å². The molecule has 0 atom stereocenters. The highest BCUT2D eigenvalue weighted by Crippen LogP contribution is 2.27. The van der Waals surface area contributed by atoms with Gasteiger partial charge in [-0.1, -0.05) is 0 Å². The average Bonchev–Trinajstić information content (AvgIpc) is 2.17. The van der Waals surface area contributed by atoms with Gasteiger partial charge in [0.25, 0.3) is 0 Å². The van der Waals surface area contributed by atoms with Crippen molar-refractivity contribution in [3.8, 4) is 0 Å². The van der Waals surface area contributed by atoms with E-state index >= 15 is 0 Å². The third-order valence-corrected chi connectivity index (χ3v) is 2.59. The third kappa shape index (κ3) is 2.35. The molecule has 1 aliphatic carbocycles. The first kappa shape index (κ1) is 9.81. The lowest BCUT2D eigenvalue weighted by Crippen LogP contribution is -2.25. The number of halogens is 1. The summed E-state index contributed by atoms with van der Waals surface area (Å²) < 4.78 is 9.32. The monoisotopic (exact) mass is 192 g/mol. The van der Waals surface area contributed by atoms with Crippen molar-refractivity contribution in [3.05, 3.63) is 0 Å². The second-order valence-electron chi connectivity index (χ2n) is 3.09. The highest BCUT2D eigenvalue weighted by atomic mass is 35.5. The van der Waals surface area contributed by atoms with Gasteiger partial charge in [-0.05, 0) is 25.7 Å². The van der Waals surface area contributed by atoms with E-state index in [0.717, 1.165) is 25.7 Å². The standard InChI is InChI=1S/C8H13ClO3/c1-11-8(10)6-2-4-7(12-9)5-3-6/h6-7H,2-5H2,1H3. The second kappa shape index (κ2) is 4.67. The number of hydrogen-bond donors (Lipinski definition) is 0. The predicted octanol–water partition coefficient (Wildman–Crippen LogP) is 1.89. The molecule has 0 aromatic heterocycles. The minimum Gasteiger partial charge on any atom is -0.469 e. The third-order valence-electron chi connectivity index (χ3n) is 2.33. The molecule has 1 aliphatic rings. The van der Waals surface area contributed by atoms with E-state index in [2.05, 4.69) is 9.03 Å². The fourth-order valence-electron chi connectivity index (χ4n) is 1.55. The van der Waals surface area contributed by atoms with Crippen LogP contribution in [0.25, 0.3) is 0 Å². The molecule has 1 saturated carbocycles. The molecule has 0 N–H and O–H groups in total. The Balaban J connectivity index is 2.30. The number of carbonyl (C=O) groups is 1. The van der Waals surface area contributed by atoms with E-state index in [1.54, 1.807) is 0 Å². The quantitative estimate of drug-likeness (QED) is 0.627. The van der Waals surface area contributed by atoms with Gasteiger partial charge in [0.15, 0.2) is 0 Å². The summed E-state index contributed by atoms with van der Waals surface area (Å²) in [5.74, 6) is -0.0545. The highest BCUT2D eigenvalue weighted by Gasteiger charge is 2.26. The molecule has 0 bridgehead atoms. The molecule has 3 nitrogen and oxygen atoms in total. The Hall–Kier alpha value is -0.280. The van der Waals surface area contributed by atoms with Crippen LogP contribution in [0.5, 0.6) is 0 Å². The maximum absolute atomic E-state index is 11.1. The zero-order valence-electron chi connectivity index (χ0n) is 7.09. The Morgan fingerprint density at radius 3 is 2.33 bits per heavy atom. The zero-order chi connectivity index (χ0) is 8.97. The smallest absolute Gasteiger partial charge is 0.308 e. The summed E-state index contributed by atoms with van der Waals surface area (Å²) in [6.45, 7) is 0. The topological polar surface area (TPSA) is 35.5 Å². The van der Waals surface area contributed by atoms with Crippen molar-refractivity contribution in [2.45, 2.75) is 31.8 Å². The number of methoxy groups -OCH3 is 1. The summed E-state index contributed by atoms with van der Waals surface area (Å²) in [5, 5.41) is 0. The molecular formula is C8H13ClO3. The zero-order valence-corrected chi connectivity index (χ0v) is 7.84. The molecule has 0 radical (unpaired) electrons. The van der Waals surface area contributed by atoms with Crippen LogP contribution in [0.15, 0.2) is 0 Å². The van der Waals surface area contributed by atoms with Gasteiger partial charge in [-0.15, -0.1) is 0 Å². The molecule has 1 rings (SSSR count). The van der Waals surface area contributed by atoms with Crippen molar-refractivity contribution >= 4 is 17.8 Å². The molecule has 12 heavy (non-hydrogen) atoms. The minimum absolute atomic E-state index is 0.0538. The van der Waals surface area contributed by atoms with Crippen LogP contribution in [0.3, 0.4) is 0 Å². The maximum Gasteiger partial charge on any atom is 0.308 e.